The molecule has 7 nitrogen and oxygen atoms in total. The Hall–Kier alpha value is -2.49. The van der Waals surface area contributed by atoms with Crippen molar-refractivity contribution in [2.45, 2.75) is 79.8 Å². The maximum atomic E-state index is 14.9. The molecule has 2 heterocycles. The van der Waals surface area contributed by atoms with Crippen molar-refractivity contribution in [2.24, 2.45) is 17.8 Å². The first-order chi connectivity index (χ1) is 21.8. The fourth-order valence-electron chi connectivity index (χ4n) is 8.48. The van der Waals surface area contributed by atoms with Crippen LogP contribution < -0.4 is 4.74 Å². The van der Waals surface area contributed by atoms with Gasteiger partial charge in [-0.05, 0) is 137 Å². The first-order valence-electron chi connectivity index (χ1n) is 17.0. The third-order valence-electron chi connectivity index (χ3n) is 11.1. The molecular formula is C36H49FN2O5S. The summed E-state index contributed by atoms with van der Waals surface area (Å²) in [6.07, 6.45) is 9.34. The van der Waals surface area contributed by atoms with E-state index in [2.05, 4.69) is 15.9 Å². The minimum atomic E-state index is -3.18. The molecule has 4 fully saturated rings. The Morgan fingerprint density at radius 1 is 0.933 bits per heavy atom. The number of benzene rings is 2. The lowest BCUT2D eigenvalue weighted by Crippen LogP contribution is -2.57. The molecule has 2 saturated carbocycles. The Labute approximate surface area is 268 Å². The van der Waals surface area contributed by atoms with Gasteiger partial charge in [-0.15, -0.1) is 0 Å². The van der Waals surface area contributed by atoms with E-state index in [-0.39, 0.29) is 28.4 Å². The molecule has 0 radical (unpaired) electrons. The molecule has 0 amide bonds. The van der Waals surface area contributed by atoms with E-state index in [9.17, 15) is 17.6 Å². The van der Waals surface area contributed by atoms with Crippen LogP contribution in [0.2, 0.25) is 0 Å². The third-order valence-corrected chi connectivity index (χ3v) is 13.4. The highest BCUT2D eigenvalue weighted by atomic mass is 32.2. The number of nitrogens with zero attached hydrogens (tertiary/aromatic N) is 2. The molecule has 2 aliphatic carbocycles. The lowest BCUT2D eigenvalue weighted by molar-refractivity contribution is -0.142. The number of esters is 1. The molecule has 4 aliphatic rings. The lowest BCUT2D eigenvalue weighted by atomic mass is 9.56. The number of ether oxygens (including phenoxy) is 2. The van der Waals surface area contributed by atoms with Gasteiger partial charge in [-0.3, -0.25) is 4.79 Å². The van der Waals surface area contributed by atoms with E-state index in [1.807, 2.05) is 6.07 Å². The largest absolute Gasteiger partial charge is 0.494 e. The molecule has 2 saturated heterocycles. The number of methoxy groups -OCH3 is 1. The topological polar surface area (TPSA) is 76.2 Å². The maximum Gasteiger partial charge on any atom is 0.305 e. The van der Waals surface area contributed by atoms with Crippen molar-refractivity contribution in [3.8, 4) is 5.75 Å². The van der Waals surface area contributed by atoms with E-state index in [1.165, 1.54) is 13.5 Å². The van der Waals surface area contributed by atoms with Crippen molar-refractivity contribution >= 4 is 15.8 Å². The summed E-state index contributed by atoms with van der Waals surface area (Å²) in [5, 5.41) is -0.206. The van der Waals surface area contributed by atoms with Crippen molar-refractivity contribution < 1.29 is 27.1 Å². The number of sulfone groups is 1. The summed E-state index contributed by atoms with van der Waals surface area (Å²) in [6, 6.07) is 14.2. The highest BCUT2D eigenvalue weighted by Gasteiger charge is 2.52. The summed E-state index contributed by atoms with van der Waals surface area (Å²) >= 11 is 0. The summed E-state index contributed by atoms with van der Waals surface area (Å²) in [5.74, 6) is 1.35. The molecule has 0 aromatic heterocycles. The van der Waals surface area contributed by atoms with Crippen LogP contribution in [0, 0.1) is 23.6 Å². The van der Waals surface area contributed by atoms with Crippen LogP contribution in [0.4, 0.5) is 4.39 Å². The van der Waals surface area contributed by atoms with Gasteiger partial charge in [0.05, 0.1) is 23.9 Å². The number of hydrogen-bond donors (Lipinski definition) is 0. The van der Waals surface area contributed by atoms with Crippen molar-refractivity contribution in [2.75, 3.05) is 53.0 Å². The first-order valence-corrected chi connectivity index (χ1v) is 18.6. The summed E-state index contributed by atoms with van der Waals surface area (Å²) < 4.78 is 50.9. The zero-order valence-corrected chi connectivity index (χ0v) is 27.5. The number of carbonyl (C=O) groups excluding carboxylic acids is 1. The van der Waals surface area contributed by atoms with Gasteiger partial charge in [-0.2, -0.15) is 0 Å². The number of hydrogen-bond acceptors (Lipinski definition) is 7. The van der Waals surface area contributed by atoms with Crippen LogP contribution in [0.15, 0.2) is 53.4 Å². The molecule has 246 valence electrons. The number of halogens is 1. The zero-order chi connectivity index (χ0) is 31.4. The fourth-order valence-corrected chi connectivity index (χ4v) is 10.1. The molecule has 0 bridgehead atoms. The van der Waals surface area contributed by atoms with E-state index in [0.717, 1.165) is 96.2 Å². The normalized spacial score (nSPS) is 24.6. The van der Waals surface area contributed by atoms with Crippen LogP contribution in [0.25, 0.3) is 0 Å². The van der Waals surface area contributed by atoms with E-state index < -0.39 is 9.84 Å². The van der Waals surface area contributed by atoms with Crippen molar-refractivity contribution in [1.29, 1.82) is 0 Å². The predicted octanol–water partition coefficient (Wildman–Crippen LogP) is 5.87. The van der Waals surface area contributed by atoms with Crippen molar-refractivity contribution in [3.05, 3.63) is 59.9 Å². The predicted molar refractivity (Wildman–Crippen MR) is 173 cm³/mol. The number of piperidine rings is 1. The van der Waals surface area contributed by atoms with E-state index in [1.54, 1.807) is 36.4 Å². The van der Waals surface area contributed by atoms with Gasteiger partial charge in [0.2, 0.25) is 0 Å². The summed E-state index contributed by atoms with van der Waals surface area (Å²) in [6.45, 7) is 6.60. The van der Waals surface area contributed by atoms with E-state index >= 15 is 0 Å². The van der Waals surface area contributed by atoms with Crippen LogP contribution in [0.3, 0.4) is 0 Å². The Morgan fingerprint density at radius 3 is 2.33 bits per heavy atom. The standard InChI is InChI=1S/C36H49FN2O5S/c1-43-35(40)24-27-6-2-9-34(27)36(26-39-18-4-19-39,29-7-3-8-30(37)25-29)28-16-21-38(22-17-28)20-5-23-44-31-10-12-32(13-11-31)45(41,42)33-14-15-33/h3,7-8,10-13,25,27-28,33-34H,2,4-6,9,14-24,26H2,1H3/t27-,34+,36+/m1/s1. The summed E-state index contributed by atoms with van der Waals surface area (Å²) in [4.78, 5) is 18.0. The van der Waals surface area contributed by atoms with Crippen molar-refractivity contribution in [3.63, 3.8) is 0 Å². The number of rotatable bonds is 14. The highest BCUT2D eigenvalue weighted by molar-refractivity contribution is 7.92. The number of carbonyl (C=O) groups is 1. The summed E-state index contributed by atoms with van der Waals surface area (Å²) in [7, 11) is -1.70. The van der Waals surface area contributed by atoms with Crippen LogP contribution in [-0.4, -0.2) is 82.4 Å². The fraction of sp³-hybridized carbons (Fsp3) is 0.639. The van der Waals surface area contributed by atoms with Gasteiger partial charge < -0.3 is 19.3 Å². The van der Waals surface area contributed by atoms with Gasteiger partial charge in [0, 0.05) is 24.9 Å². The molecule has 2 aliphatic heterocycles. The Morgan fingerprint density at radius 2 is 1.69 bits per heavy atom. The molecule has 45 heavy (non-hydrogen) atoms. The maximum absolute atomic E-state index is 14.9. The zero-order valence-electron chi connectivity index (χ0n) is 26.7. The quantitative estimate of drug-likeness (QED) is 0.189. The molecule has 0 unspecified atom stereocenters. The van der Waals surface area contributed by atoms with Gasteiger partial charge in [-0.1, -0.05) is 18.6 Å². The third kappa shape index (κ3) is 7.25. The second-order valence-electron chi connectivity index (χ2n) is 13.8. The van der Waals surface area contributed by atoms with E-state index in [4.69, 9.17) is 9.47 Å². The van der Waals surface area contributed by atoms with Crippen LogP contribution >= 0.6 is 0 Å². The molecule has 2 aromatic rings. The average molecular weight is 641 g/mol. The van der Waals surface area contributed by atoms with Gasteiger partial charge in [0.15, 0.2) is 9.84 Å². The highest BCUT2D eigenvalue weighted by Crippen LogP contribution is 2.54. The van der Waals surface area contributed by atoms with Gasteiger partial charge in [-0.25, -0.2) is 12.8 Å². The Bertz CT molecular complexity index is 1400. The van der Waals surface area contributed by atoms with E-state index in [0.29, 0.717) is 35.5 Å². The molecule has 0 spiro atoms. The van der Waals surface area contributed by atoms with Crippen LogP contribution in [0.1, 0.15) is 69.8 Å². The second-order valence-corrected chi connectivity index (χ2v) is 16.0. The van der Waals surface area contributed by atoms with Crippen LogP contribution in [0.5, 0.6) is 5.75 Å². The minimum Gasteiger partial charge on any atom is -0.494 e. The second kappa shape index (κ2) is 14.1. The lowest BCUT2D eigenvalue weighted by Gasteiger charge is -2.53. The smallest absolute Gasteiger partial charge is 0.305 e. The Balaban J connectivity index is 1.10. The monoisotopic (exact) mass is 640 g/mol. The SMILES string of the molecule is COC(=O)C[C@H]1CCC[C@@H]1[C@](CN1CCC1)(c1cccc(F)c1)C1CCN(CCCOc2ccc(S(=O)(=O)C3CC3)cc2)CC1. The van der Waals surface area contributed by atoms with Gasteiger partial charge in [0.25, 0.3) is 0 Å². The molecule has 9 heteroatoms. The van der Waals surface area contributed by atoms with Crippen molar-refractivity contribution in [1.82, 2.24) is 9.80 Å². The molecular weight excluding hydrogens is 591 g/mol. The molecule has 6 rings (SSSR count). The van der Waals surface area contributed by atoms with Gasteiger partial charge >= 0.3 is 5.97 Å². The molecule has 0 N–H and O–H groups in total. The van der Waals surface area contributed by atoms with Gasteiger partial charge in [0.1, 0.15) is 11.6 Å². The Kier molecular flexibility index (Phi) is 10.2. The first kappa shape index (κ1) is 32.5. The molecule has 3 atom stereocenters. The molecule has 2 aromatic carbocycles. The number of likely N-dealkylation sites (tertiary alicyclic amines) is 2. The minimum absolute atomic E-state index is 0.139. The van der Waals surface area contributed by atoms with Crippen LogP contribution in [-0.2, 0) is 24.8 Å². The summed E-state index contributed by atoms with van der Waals surface area (Å²) in [5.41, 5.74) is 0.908. The average Bonchev–Trinajstić information content (AvgIpc) is 3.80.